The number of ether oxygens (including phenoxy) is 1. The Morgan fingerprint density at radius 3 is 2.62 bits per heavy atom. The van der Waals surface area contributed by atoms with Crippen molar-refractivity contribution in [1.82, 2.24) is 15.1 Å². The Hall–Kier alpha value is -2.34. The van der Waals surface area contributed by atoms with E-state index in [1.165, 1.54) is 0 Å². The van der Waals surface area contributed by atoms with Gasteiger partial charge < -0.3 is 15.0 Å². The fraction of sp³-hybridized carbons (Fsp3) is 0.500. The summed E-state index contributed by atoms with van der Waals surface area (Å²) >= 11 is 0. The summed E-state index contributed by atoms with van der Waals surface area (Å²) in [4.78, 5) is 29.0. The van der Waals surface area contributed by atoms with Crippen molar-refractivity contribution in [2.24, 2.45) is 0 Å². The van der Waals surface area contributed by atoms with Gasteiger partial charge in [0, 0.05) is 37.8 Å². The second-order valence-corrected chi connectivity index (χ2v) is 7.28. The van der Waals surface area contributed by atoms with Gasteiger partial charge in [-0.15, -0.1) is 0 Å². The van der Waals surface area contributed by atoms with Gasteiger partial charge >= 0.3 is 0 Å². The molecule has 6 heteroatoms. The van der Waals surface area contributed by atoms with Gasteiger partial charge in [0.2, 0.25) is 5.91 Å². The van der Waals surface area contributed by atoms with E-state index in [2.05, 4.69) is 10.2 Å². The lowest BCUT2D eigenvalue weighted by molar-refractivity contribution is -0.131. The van der Waals surface area contributed by atoms with E-state index in [0.29, 0.717) is 31.3 Å². The Kier molecular flexibility index (Phi) is 4.68. The molecule has 2 heterocycles. The molecule has 1 atom stereocenters. The number of para-hydroxylation sites is 1. The fourth-order valence-electron chi connectivity index (χ4n) is 3.47. The first-order chi connectivity index (χ1) is 12.6. The van der Waals surface area contributed by atoms with Crippen molar-refractivity contribution in [3.8, 4) is 5.75 Å². The molecule has 1 aromatic rings. The molecule has 2 aliphatic heterocycles. The highest BCUT2D eigenvalue weighted by Crippen LogP contribution is 2.26. The lowest BCUT2D eigenvalue weighted by Crippen LogP contribution is -2.55. The van der Waals surface area contributed by atoms with Crippen molar-refractivity contribution in [2.75, 3.05) is 32.8 Å². The molecule has 1 aliphatic carbocycles. The van der Waals surface area contributed by atoms with Crippen LogP contribution in [0.2, 0.25) is 0 Å². The molecule has 6 nitrogen and oxygen atoms in total. The maximum Gasteiger partial charge on any atom is 0.253 e. The molecule has 4 rings (SSSR count). The second-order valence-electron chi connectivity index (χ2n) is 7.28. The molecule has 0 spiro atoms. The zero-order valence-corrected chi connectivity index (χ0v) is 15.1. The molecule has 3 aliphatic rings. The summed E-state index contributed by atoms with van der Waals surface area (Å²) in [6, 6.07) is 7.99. The predicted octanol–water partition coefficient (Wildman–Crippen LogP) is 1.27. The first-order valence-electron chi connectivity index (χ1n) is 9.38. The fourth-order valence-corrected chi connectivity index (χ4v) is 3.47. The zero-order valence-electron chi connectivity index (χ0n) is 15.1. The highest BCUT2D eigenvalue weighted by atomic mass is 16.5. The molecular formula is C20H25N3O3. The molecule has 1 N–H and O–H groups in total. The number of carbonyl (C=O) groups excluding carboxylic acids is 2. The summed E-state index contributed by atoms with van der Waals surface area (Å²) < 4.78 is 5.70. The minimum Gasteiger partial charge on any atom is -0.488 e. The van der Waals surface area contributed by atoms with E-state index in [4.69, 9.17) is 4.74 Å². The van der Waals surface area contributed by atoms with Crippen molar-refractivity contribution in [3.63, 3.8) is 0 Å². The maximum atomic E-state index is 12.8. The number of amides is 2. The lowest BCUT2D eigenvalue weighted by Gasteiger charge is -2.38. The highest BCUT2D eigenvalue weighted by molar-refractivity contribution is 5.99. The van der Waals surface area contributed by atoms with E-state index in [0.717, 1.165) is 37.2 Å². The van der Waals surface area contributed by atoms with Gasteiger partial charge in [0.05, 0.1) is 11.6 Å². The molecule has 0 aromatic heterocycles. The van der Waals surface area contributed by atoms with E-state index < -0.39 is 0 Å². The first-order valence-corrected chi connectivity index (χ1v) is 9.38. The average Bonchev–Trinajstić information content (AvgIpc) is 3.50. The van der Waals surface area contributed by atoms with Crippen LogP contribution in [0.15, 0.2) is 29.8 Å². The van der Waals surface area contributed by atoms with Crippen LogP contribution in [-0.2, 0) is 9.59 Å². The van der Waals surface area contributed by atoms with Crippen LogP contribution in [0.25, 0.3) is 6.08 Å². The normalized spacial score (nSPS) is 21.3. The Balaban J connectivity index is 1.34. The van der Waals surface area contributed by atoms with Crippen LogP contribution in [-0.4, -0.2) is 66.5 Å². The van der Waals surface area contributed by atoms with Crippen LogP contribution in [0.5, 0.6) is 5.75 Å². The molecule has 0 radical (unpaired) electrons. The number of piperazine rings is 1. The Labute approximate surface area is 153 Å². The van der Waals surface area contributed by atoms with Gasteiger partial charge in [0.15, 0.2) is 0 Å². The molecule has 26 heavy (non-hydrogen) atoms. The minimum absolute atomic E-state index is 0.0363. The SMILES string of the molecule is CC(C(=O)NC1CC1)N1CCN(C(=O)C2=Cc3ccccc3OC2)CC1. The number of hydrogen-bond acceptors (Lipinski definition) is 4. The molecule has 1 saturated heterocycles. The van der Waals surface area contributed by atoms with Gasteiger partial charge in [-0.2, -0.15) is 0 Å². The smallest absolute Gasteiger partial charge is 0.253 e. The Morgan fingerprint density at radius 1 is 1.15 bits per heavy atom. The summed E-state index contributed by atoms with van der Waals surface area (Å²) in [6.07, 6.45) is 4.13. The number of nitrogens with zero attached hydrogens (tertiary/aromatic N) is 2. The van der Waals surface area contributed by atoms with Crippen LogP contribution in [0.3, 0.4) is 0 Å². The molecule has 2 amide bonds. The summed E-state index contributed by atoms with van der Waals surface area (Å²) in [7, 11) is 0. The van der Waals surface area contributed by atoms with E-state index in [9.17, 15) is 9.59 Å². The molecule has 138 valence electrons. The van der Waals surface area contributed by atoms with E-state index in [1.807, 2.05) is 42.2 Å². The second kappa shape index (κ2) is 7.11. The summed E-state index contributed by atoms with van der Waals surface area (Å²) in [5.74, 6) is 0.964. The van der Waals surface area contributed by atoms with Crippen molar-refractivity contribution in [2.45, 2.75) is 31.8 Å². The molecule has 1 unspecified atom stereocenters. The van der Waals surface area contributed by atoms with E-state index in [-0.39, 0.29) is 17.9 Å². The van der Waals surface area contributed by atoms with Crippen molar-refractivity contribution in [3.05, 3.63) is 35.4 Å². The lowest BCUT2D eigenvalue weighted by atomic mass is 10.1. The Morgan fingerprint density at radius 2 is 1.88 bits per heavy atom. The molecular weight excluding hydrogens is 330 g/mol. The number of nitrogens with one attached hydrogen (secondary N) is 1. The molecule has 0 bridgehead atoms. The summed E-state index contributed by atoms with van der Waals surface area (Å²) in [5.41, 5.74) is 1.64. The van der Waals surface area contributed by atoms with Crippen LogP contribution >= 0.6 is 0 Å². The predicted molar refractivity (Wildman–Crippen MR) is 98.7 cm³/mol. The maximum absolute atomic E-state index is 12.8. The topological polar surface area (TPSA) is 61.9 Å². The monoisotopic (exact) mass is 355 g/mol. The van der Waals surface area contributed by atoms with Crippen LogP contribution < -0.4 is 10.1 Å². The van der Waals surface area contributed by atoms with Crippen molar-refractivity contribution >= 4 is 17.9 Å². The summed E-state index contributed by atoms with van der Waals surface area (Å²) in [5, 5.41) is 3.06. The van der Waals surface area contributed by atoms with Crippen molar-refractivity contribution < 1.29 is 14.3 Å². The van der Waals surface area contributed by atoms with Gasteiger partial charge in [-0.25, -0.2) is 0 Å². The zero-order chi connectivity index (χ0) is 18.1. The largest absolute Gasteiger partial charge is 0.488 e. The first kappa shape index (κ1) is 17.1. The average molecular weight is 355 g/mol. The number of benzene rings is 1. The van der Waals surface area contributed by atoms with Crippen LogP contribution in [0.1, 0.15) is 25.3 Å². The van der Waals surface area contributed by atoms with Gasteiger partial charge in [-0.05, 0) is 31.9 Å². The number of hydrogen-bond donors (Lipinski definition) is 1. The van der Waals surface area contributed by atoms with Crippen LogP contribution in [0, 0.1) is 0 Å². The van der Waals surface area contributed by atoms with Crippen LogP contribution in [0.4, 0.5) is 0 Å². The third-order valence-corrected chi connectivity index (χ3v) is 5.36. The molecule has 1 saturated carbocycles. The Bertz CT molecular complexity index is 734. The quantitative estimate of drug-likeness (QED) is 0.884. The number of carbonyl (C=O) groups is 2. The minimum atomic E-state index is -0.142. The van der Waals surface area contributed by atoms with E-state index in [1.54, 1.807) is 0 Å². The molecule has 2 fully saturated rings. The number of fused-ring (bicyclic) bond motifs is 1. The van der Waals surface area contributed by atoms with Gasteiger partial charge in [-0.3, -0.25) is 14.5 Å². The third-order valence-electron chi connectivity index (χ3n) is 5.36. The highest BCUT2D eigenvalue weighted by Gasteiger charge is 2.31. The van der Waals surface area contributed by atoms with Crippen molar-refractivity contribution in [1.29, 1.82) is 0 Å². The summed E-state index contributed by atoms with van der Waals surface area (Å²) in [6.45, 7) is 4.98. The standard InChI is InChI=1S/C20H25N3O3/c1-14(19(24)21-17-6-7-17)22-8-10-23(11-9-22)20(25)16-12-15-4-2-3-5-18(15)26-13-16/h2-5,12,14,17H,6-11,13H2,1H3,(H,21,24). The van der Waals surface area contributed by atoms with Gasteiger partial charge in [0.25, 0.3) is 5.91 Å². The molecule has 1 aromatic carbocycles. The van der Waals surface area contributed by atoms with Gasteiger partial charge in [0.1, 0.15) is 12.4 Å². The van der Waals surface area contributed by atoms with E-state index >= 15 is 0 Å². The van der Waals surface area contributed by atoms with Gasteiger partial charge in [-0.1, -0.05) is 18.2 Å². The third kappa shape index (κ3) is 3.60. The number of rotatable bonds is 4.